The molecule has 0 saturated carbocycles. The highest BCUT2D eigenvalue weighted by atomic mass is 16.5. The van der Waals surface area contributed by atoms with Gasteiger partial charge in [-0.2, -0.15) is 0 Å². The molecule has 6 heteroatoms. The summed E-state index contributed by atoms with van der Waals surface area (Å²) in [5, 5.41) is 0. The maximum Gasteiger partial charge on any atom is 0.0907 e. The third kappa shape index (κ3) is 5.44. The van der Waals surface area contributed by atoms with Gasteiger partial charge in [0.1, 0.15) is 0 Å². The molecule has 2 aromatic carbocycles. The summed E-state index contributed by atoms with van der Waals surface area (Å²) in [6.07, 6.45) is 2.30. The Morgan fingerprint density at radius 3 is 1.38 bits per heavy atom. The second-order valence-corrected chi connectivity index (χ2v) is 9.47. The summed E-state index contributed by atoms with van der Waals surface area (Å²) in [5.41, 5.74) is 5.33. The van der Waals surface area contributed by atoms with Gasteiger partial charge in [0.2, 0.25) is 0 Å². The minimum Gasteiger partial charge on any atom is -0.377 e. The van der Waals surface area contributed by atoms with Crippen LogP contribution in [0.5, 0.6) is 0 Å². The third-order valence-electron chi connectivity index (χ3n) is 7.34. The average Bonchev–Trinajstić information content (AvgIpc) is 3.43. The van der Waals surface area contributed by atoms with Crippen molar-refractivity contribution >= 4 is 22.7 Å². The maximum absolute atomic E-state index is 5.92. The largest absolute Gasteiger partial charge is 0.377 e. The van der Waals surface area contributed by atoms with E-state index in [1.807, 2.05) is 0 Å². The van der Waals surface area contributed by atoms with Gasteiger partial charge in [0.25, 0.3) is 0 Å². The van der Waals surface area contributed by atoms with Crippen LogP contribution in [0, 0.1) is 0 Å². The predicted molar refractivity (Wildman–Crippen MR) is 143 cm³/mol. The van der Waals surface area contributed by atoms with E-state index >= 15 is 0 Å². The second-order valence-electron chi connectivity index (χ2n) is 9.47. The summed E-state index contributed by atoms with van der Waals surface area (Å²) in [6.45, 7) is 15.5. The van der Waals surface area contributed by atoms with Gasteiger partial charge in [-0.3, -0.25) is 0 Å². The first-order chi connectivity index (χ1) is 16.6. The summed E-state index contributed by atoms with van der Waals surface area (Å²) in [5.74, 6) is 0. The van der Waals surface area contributed by atoms with Crippen LogP contribution in [0.1, 0.15) is 40.5 Å². The van der Waals surface area contributed by atoms with E-state index in [0.717, 1.165) is 52.5 Å². The van der Waals surface area contributed by atoms with E-state index < -0.39 is 0 Å². The van der Waals surface area contributed by atoms with Gasteiger partial charge < -0.3 is 29.1 Å². The lowest BCUT2D eigenvalue weighted by molar-refractivity contribution is 0.0530. The van der Waals surface area contributed by atoms with Crippen LogP contribution in [-0.4, -0.2) is 64.9 Å². The zero-order chi connectivity index (χ0) is 23.9. The molecule has 2 aliphatic rings. The highest BCUT2D eigenvalue weighted by molar-refractivity contribution is 5.77. The molecule has 2 heterocycles. The van der Waals surface area contributed by atoms with Gasteiger partial charge in [-0.15, -0.1) is 0 Å². The van der Waals surface area contributed by atoms with Crippen LogP contribution in [0.3, 0.4) is 0 Å². The van der Waals surface area contributed by atoms with Crippen molar-refractivity contribution in [2.24, 2.45) is 0 Å². The molecular weight excluding hydrogens is 424 g/mol. The molecule has 4 rings (SSSR count). The Hall–Kier alpha value is -2.44. The Balaban J connectivity index is 1.14. The van der Waals surface area contributed by atoms with Gasteiger partial charge in [0.05, 0.1) is 62.5 Å². The van der Waals surface area contributed by atoms with Crippen molar-refractivity contribution in [2.45, 2.75) is 52.6 Å². The first-order valence-electron chi connectivity index (χ1n) is 13.0. The zero-order valence-electron chi connectivity index (χ0n) is 21.4. The van der Waals surface area contributed by atoms with Gasteiger partial charge in [0.15, 0.2) is 0 Å². The lowest BCUT2D eigenvalue weighted by atomic mass is 10.2. The molecule has 2 aliphatic heterocycles. The molecule has 0 fully saturated rings. The fraction of sp³-hybridized carbons (Fsp3) is 0.571. The lowest BCUT2D eigenvalue weighted by Crippen LogP contribution is -2.38. The molecule has 0 aromatic heterocycles. The zero-order valence-corrected chi connectivity index (χ0v) is 21.4. The van der Waals surface area contributed by atoms with Crippen molar-refractivity contribution in [1.82, 2.24) is 0 Å². The van der Waals surface area contributed by atoms with Gasteiger partial charge in [-0.05, 0) is 51.0 Å². The molecule has 0 spiro atoms. The average molecular weight is 467 g/mol. The highest BCUT2D eigenvalue weighted by Crippen LogP contribution is 2.38. The number of hydrogen-bond donors (Lipinski definition) is 0. The number of fused-ring (bicyclic) bond motifs is 2. The molecule has 0 aliphatic carbocycles. The second kappa shape index (κ2) is 11.8. The fourth-order valence-electron chi connectivity index (χ4n) is 4.87. The van der Waals surface area contributed by atoms with E-state index in [1.54, 1.807) is 0 Å². The molecule has 0 N–H and O–H groups in total. The predicted octanol–water partition coefficient (Wildman–Crippen LogP) is 5.18. The number of nitrogens with zero attached hydrogens (tertiary/aromatic N) is 4. The van der Waals surface area contributed by atoms with Crippen molar-refractivity contribution in [2.75, 3.05) is 72.5 Å². The van der Waals surface area contributed by atoms with E-state index in [9.17, 15) is 0 Å². The van der Waals surface area contributed by atoms with Crippen molar-refractivity contribution in [3.05, 3.63) is 48.5 Å². The van der Waals surface area contributed by atoms with Crippen LogP contribution in [0.2, 0.25) is 0 Å². The fourth-order valence-corrected chi connectivity index (χ4v) is 4.87. The Morgan fingerprint density at radius 1 is 0.618 bits per heavy atom. The van der Waals surface area contributed by atoms with Crippen LogP contribution < -0.4 is 19.6 Å². The number of para-hydroxylation sites is 4. The molecule has 2 atom stereocenters. The SMILES string of the molecule is CCC(C)N1CN(CCOCCOCCN2CN(C(C)CC)c3ccccc32)c2ccccc21. The number of rotatable bonds is 13. The summed E-state index contributed by atoms with van der Waals surface area (Å²) in [7, 11) is 0. The number of anilines is 4. The molecule has 2 unspecified atom stereocenters. The number of hydrogen-bond acceptors (Lipinski definition) is 6. The van der Waals surface area contributed by atoms with Gasteiger partial charge in [-0.1, -0.05) is 38.1 Å². The normalized spacial score (nSPS) is 16.7. The van der Waals surface area contributed by atoms with Crippen molar-refractivity contribution in [1.29, 1.82) is 0 Å². The van der Waals surface area contributed by atoms with E-state index in [1.165, 1.54) is 22.7 Å². The van der Waals surface area contributed by atoms with E-state index in [2.05, 4.69) is 95.8 Å². The summed E-state index contributed by atoms with van der Waals surface area (Å²) < 4.78 is 11.8. The molecule has 0 radical (unpaired) electrons. The molecule has 2 aromatic rings. The topological polar surface area (TPSA) is 31.4 Å². The van der Waals surface area contributed by atoms with Crippen molar-refractivity contribution < 1.29 is 9.47 Å². The minimum absolute atomic E-state index is 0.542. The monoisotopic (exact) mass is 466 g/mol. The molecule has 0 amide bonds. The first-order valence-corrected chi connectivity index (χ1v) is 13.0. The van der Waals surface area contributed by atoms with Gasteiger partial charge in [-0.25, -0.2) is 0 Å². The minimum atomic E-state index is 0.542. The Morgan fingerprint density at radius 2 is 1.00 bits per heavy atom. The Kier molecular flexibility index (Phi) is 8.57. The van der Waals surface area contributed by atoms with Crippen molar-refractivity contribution in [3.8, 4) is 0 Å². The van der Waals surface area contributed by atoms with Gasteiger partial charge in [0, 0.05) is 25.2 Å². The molecule has 0 saturated heterocycles. The molecule has 186 valence electrons. The Labute approximate surface area is 206 Å². The quantitative estimate of drug-likeness (QED) is 0.378. The first kappa shape index (κ1) is 24.7. The number of benzene rings is 2. The highest BCUT2D eigenvalue weighted by Gasteiger charge is 2.28. The third-order valence-corrected chi connectivity index (χ3v) is 7.34. The maximum atomic E-state index is 5.92. The van der Waals surface area contributed by atoms with Crippen LogP contribution in [-0.2, 0) is 9.47 Å². The molecule has 6 nitrogen and oxygen atoms in total. The van der Waals surface area contributed by atoms with E-state index in [4.69, 9.17) is 9.47 Å². The number of ether oxygens (including phenoxy) is 2. The lowest BCUT2D eigenvalue weighted by Gasteiger charge is -2.27. The summed E-state index contributed by atoms with van der Waals surface area (Å²) >= 11 is 0. The van der Waals surface area contributed by atoms with E-state index in [-0.39, 0.29) is 0 Å². The molecule has 34 heavy (non-hydrogen) atoms. The molecule has 0 bridgehead atoms. The van der Waals surface area contributed by atoms with Crippen molar-refractivity contribution in [3.63, 3.8) is 0 Å². The van der Waals surface area contributed by atoms with Crippen LogP contribution >= 0.6 is 0 Å². The van der Waals surface area contributed by atoms with Gasteiger partial charge >= 0.3 is 0 Å². The summed E-state index contributed by atoms with van der Waals surface area (Å²) in [6, 6.07) is 18.5. The summed E-state index contributed by atoms with van der Waals surface area (Å²) in [4.78, 5) is 9.85. The van der Waals surface area contributed by atoms with Crippen LogP contribution in [0.25, 0.3) is 0 Å². The molecular formula is C28H42N4O2. The van der Waals surface area contributed by atoms with E-state index in [0.29, 0.717) is 25.3 Å². The smallest absolute Gasteiger partial charge is 0.0907 e. The Bertz CT molecular complexity index is 834. The van der Waals surface area contributed by atoms with Crippen LogP contribution in [0.4, 0.5) is 22.7 Å². The van der Waals surface area contributed by atoms with Crippen LogP contribution in [0.15, 0.2) is 48.5 Å². The standard InChI is InChI=1S/C28H42N4O2/c1-5-23(3)31-21-29(25-11-7-9-13-27(25)31)15-17-33-19-20-34-18-16-30-22-32(24(4)6-2)28-14-10-8-12-26(28)30/h7-14,23-24H,5-6,15-22H2,1-4H3.